The number of nitrogens with one attached hydrogen (secondary N) is 2. The van der Waals surface area contributed by atoms with E-state index in [0.717, 1.165) is 12.4 Å². The normalized spacial score (nSPS) is 20.9. The fraction of sp³-hybridized carbons (Fsp3) is 0.875. The molecule has 4 heteroatoms. The van der Waals surface area contributed by atoms with E-state index in [9.17, 15) is 0 Å². The van der Waals surface area contributed by atoms with Gasteiger partial charge in [-0.3, -0.25) is 10.4 Å². The Labute approximate surface area is 124 Å². The van der Waals surface area contributed by atoms with Crippen LogP contribution in [0.1, 0.15) is 55.4 Å². The molecule has 1 aliphatic rings. The van der Waals surface area contributed by atoms with Crippen molar-refractivity contribution in [3.63, 3.8) is 0 Å². The lowest BCUT2D eigenvalue weighted by atomic mass is 9.63. The van der Waals surface area contributed by atoms with Gasteiger partial charge in [-0.25, -0.2) is 0 Å². The van der Waals surface area contributed by atoms with Gasteiger partial charge in [0, 0.05) is 10.8 Å². The Hall–Kier alpha value is -1.06. The zero-order chi connectivity index (χ0) is 15.9. The van der Waals surface area contributed by atoms with Gasteiger partial charge in [0.15, 0.2) is 0 Å². The summed E-state index contributed by atoms with van der Waals surface area (Å²) in [6.45, 7) is 18.1. The Balaban J connectivity index is 2.94. The molecule has 1 heterocycles. The standard InChI is InChI=1S/C16H32N4/c1-10(2)14(3,4)13-19-9-11(20-13)15(5,6)16(7,8)12(17)18/h10-11H,9H2,1-8H3,(H3,17,18)(H,19,20). The van der Waals surface area contributed by atoms with Gasteiger partial charge in [-0.1, -0.05) is 55.4 Å². The number of hydrogen-bond acceptors (Lipinski definition) is 3. The molecule has 4 N–H and O–H groups in total. The van der Waals surface area contributed by atoms with Gasteiger partial charge in [0.05, 0.1) is 18.4 Å². The van der Waals surface area contributed by atoms with E-state index in [1.165, 1.54) is 0 Å². The minimum Gasteiger partial charge on any atom is -0.387 e. The van der Waals surface area contributed by atoms with Crippen LogP contribution in [0.25, 0.3) is 0 Å². The van der Waals surface area contributed by atoms with Crippen molar-refractivity contribution >= 4 is 11.7 Å². The van der Waals surface area contributed by atoms with Crippen LogP contribution in [-0.2, 0) is 0 Å². The number of rotatable bonds is 5. The molecule has 0 aromatic heterocycles. The summed E-state index contributed by atoms with van der Waals surface area (Å²) in [6, 6.07) is 0.217. The zero-order valence-corrected chi connectivity index (χ0v) is 14.4. The van der Waals surface area contributed by atoms with Gasteiger partial charge in [-0.05, 0) is 11.3 Å². The van der Waals surface area contributed by atoms with Crippen molar-refractivity contribution in [2.75, 3.05) is 6.54 Å². The number of nitrogens with two attached hydrogens (primary N) is 1. The van der Waals surface area contributed by atoms with Crippen molar-refractivity contribution in [2.45, 2.75) is 61.4 Å². The molecule has 0 radical (unpaired) electrons. The molecular formula is C16H32N4. The Morgan fingerprint density at radius 3 is 2.15 bits per heavy atom. The molecule has 0 fully saturated rings. The molecule has 0 amide bonds. The molecule has 116 valence electrons. The SMILES string of the molecule is CC(C)C(C)(C)C1=NCC(C(C)(C)C(C)(C)C(=N)N)N1. The first-order valence-corrected chi connectivity index (χ1v) is 7.51. The summed E-state index contributed by atoms with van der Waals surface area (Å²) in [5.41, 5.74) is 5.35. The summed E-state index contributed by atoms with van der Waals surface area (Å²) in [5.74, 6) is 1.85. The number of aliphatic imine (C=N–C) groups is 1. The molecule has 1 rings (SSSR count). The Morgan fingerprint density at radius 1 is 1.25 bits per heavy atom. The van der Waals surface area contributed by atoms with E-state index >= 15 is 0 Å². The molecule has 1 atom stereocenters. The second-order valence-electron chi connectivity index (χ2n) is 8.02. The van der Waals surface area contributed by atoms with E-state index in [2.05, 4.69) is 46.9 Å². The van der Waals surface area contributed by atoms with Crippen molar-refractivity contribution in [1.82, 2.24) is 5.32 Å². The minimum atomic E-state index is -0.363. The fourth-order valence-electron chi connectivity index (χ4n) is 2.29. The quantitative estimate of drug-likeness (QED) is 0.535. The molecule has 0 saturated heterocycles. The Bertz CT molecular complexity index is 416. The highest BCUT2D eigenvalue weighted by molar-refractivity contribution is 5.90. The van der Waals surface area contributed by atoms with E-state index in [0.29, 0.717) is 5.92 Å². The smallest absolute Gasteiger partial charge is 0.103 e. The van der Waals surface area contributed by atoms with Gasteiger partial charge in [-0.15, -0.1) is 0 Å². The second-order valence-corrected chi connectivity index (χ2v) is 8.02. The predicted molar refractivity (Wildman–Crippen MR) is 87.3 cm³/mol. The Morgan fingerprint density at radius 2 is 1.75 bits per heavy atom. The van der Waals surface area contributed by atoms with Gasteiger partial charge < -0.3 is 11.1 Å². The van der Waals surface area contributed by atoms with Crippen LogP contribution in [0.4, 0.5) is 0 Å². The highest BCUT2D eigenvalue weighted by atomic mass is 15.1. The second kappa shape index (κ2) is 5.05. The average Bonchev–Trinajstić information content (AvgIpc) is 2.78. The van der Waals surface area contributed by atoms with E-state index in [1.807, 2.05) is 13.8 Å². The van der Waals surface area contributed by atoms with Crippen molar-refractivity contribution in [2.24, 2.45) is 32.9 Å². The van der Waals surface area contributed by atoms with Crippen molar-refractivity contribution in [3.8, 4) is 0 Å². The highest BCUT2D eigenvalue weighted by Gasteiger charge is 2.48. The van der Waals surface area contributed by atoms with E-state index in [4.69, 9.17) is 16.1 Å². The lowest BCUT2D eigenvalue weighted by Gasteiger charge is -2.45. The number of hydrogen-bond donors (Lipinski definition) is 3. The summed E-state index contributed by atoms with van der Waals surface area (Å²) in [5, 5.41) is 11.5. The van der Waals surface area contributed by atoms with E-state index in [-0.39, 0.29) is 28.1 Å². The Kier molecular flexibility index (Phi) is 4.29. The lowest BCUT2D eigenvalue weighted by Crippen LogP contribution is -2.56. The van der Waals surface area contributed by atoms with Crippen molar-refractivity contribution in [3.05, 3.63) is 0 Å². The maximum Gasteiger partial charge on any atom is 0.103 e. The first-order valence-electron chi connectivity index (χ1n) is 7.51. The van der Waals surface area contributed by atoms with Gasteiger partial charge in [0.25, 0.3) is 0 Å². The van der Waals surface area contributed by atoms with Crippen LogP contribution in [-0.4, -0.2) is 24.3 Å². The average molecular weight is 280 g/mol. The third kappa shape index (κ3) is 2.57. The summed E-state index contributed by atoms with van der Waals surface area (Å²) < 4.78 is 0. The lowest BCUT2D eigenvalue weighted by molar-refractivity contribution is 0.137. The molecule has 0 saturated carbocycles. The summed E-state index contributed by atoms with van der Waals surface area (Å²) in [6.07, 6.45) is 0. The van der Waals surface area contributed by atoms with Crippen molar-refractivity contribution in [1.29, 1.82) is 5.41 Å². The summed E-state index contributed by atoms with van der Waals surface area (Å²) in [4.78, 5) is 4.74. The van der Waals surface area contributed by atoms with Gasteiger partial charge in [0.2, 0.25) is 0 Å². The van der Waals surface area contributed by atoms with Crippen LogP contribution < -0.4 is 11.1 Å². The van der Waals surface area contributed by atoms with E-state index < -0.39 is 0 Å². The molecule has 0 spiro atoms. The molecule has 0 bridgehead atoms. The highest BCUT2D eigenvalue weighted by Crippen LogP contribution is 2.43. The zero-order valence-electron chi connectivity index (χ0n) is 14.4. The first kappa shape index (κ1) is 17.0. The van der Waals surface area contributed by atoms with Gasteiger partial charge in [-0.2, -0.15) is 0 Å². The van der Waals surface area contributed by atoms with Crippen LogP contribution in [0.15, 0.2) is 4.99 Å². The third-order valence-corrected chi connectivity index (χ3v) is 5.95. The minimum absolute atomic E-state index is 0.0468. The van der Waals surface area contributed by atoms with Crippen LogP contribution >= 0.6 is 0 Å². The van der Waals surface area contributed by atoms with Crippen LogP contribution in [0.3, 0.4) is 0 Å². The summed E-state index contributed by atoms with van der Waals surface area (Å²) in [7, 11) is 0. The molecule has 1 aliphatic heterocycles. The number of nitrogens with zero attached hydrogens (tertiary/aromatic N) is 1. The largest absolute Gasteiger partial charge is 0.387 e. The molecule has 4 nitrogen and oxygen atoms in total. The maximum absolute atomic E-state index is 7.87. The topological polar surface area (TPSA) is 74.3 Å². The van der Waals surface area contributed by atoms with Crippen LogP contribution in [0.5, 0.6) is 0 Å². The molecule has 0 aliphatic carbocycles. The molecule has 0 aromatic carbocycles. The maximum atomic E-state index is 7.87. The summed E-state index contributed by atoms with van der Waals surface area (Å²) >= 11 is 0. The molecule has 20 heavy (non-hydrogen) atoms. The third-order valence-electron chi connectivity index (χ3n) is 5.95. The van der Waals surface area contributed by atoms with Crippen molar-refractivity contribution < 1.29 is 0 Å². The molecule has 1 unspecified atom stereocenters. The van der Waals surface area contributed by atoms with Crippen LogP contribution in [0.2, 0.25) is 0 Å². The number of amidine groups is 2. The monoisotopic (exact) mass is 280 g/mol. The first-order chi connectivity index (χ1) is 8.85. The predicted octanol–water partition coefficient (Wildman–Crippen LogP) is 3.03. The fourth-order valence-corrected chi connectivity index (χ4v) is 2.29. The van der Waals surface area contributed by atoms with Gasteiger partial charge >= 0.3 is 0 Å². The molecule has 0 aromatic rings. The van der Waals surface area contributed by atoms with Crippen LogP contribution in [0, 0.1) is 27.6 Å². The molecular weight excluding hydrogens is 248 g/mol. The van der Waals surface area contributed by atoms with Gasteiger partial charge in [0.1, 0.15) is 5.84 Å². The van der Waals surface area contributed by atoms with E-state index in [1.54, 1.807) is 0 Å².